The van der Waals surface area contributed by atoms with E-state index in [-0.39, 0.29) is 5.91 Å². The van der Waals surface area contributed by atoms with E-state index in [0.717, 1.165) is 22.2 Å². The third-order valence-corrected chi connectivity index (χ3v) is 5.05. The van der Waals surface area contributed by atoms with Gasteiger partial charge in [-0.05, 0) is 29.8 Å². The van der Waals surface area contributed by atoms with Gasteiger partial charge >= 0.3 is 0 Å². The molecule has 1 fully saturated rings. The summed E-state index contributed by atoms with van der Waals surface area (Å²) in [7, 11) is 0. The van der Waals surface area contributed by atoms with Gasteiger partial charge in [0.15, 0.2) is 0 Å². The first-order chi connectivity index (χ1) is 11.6. The van der Waals surface area contributed by atoms with Crippen LogP contribution in [0.25, 0.3) is 6.08 Å². The molecule has 0 atom stereocenters. The number of thioether (sulfide) groups is 1. The number of nitrogens with one attached hydrogen (secondary N) is 1. The second-order valence-corrected chi connectivity index (χ2v) is 7.75. The van der Waals surface area contributed by atoms with E-state index in [4.69, 9.17) is 17.0 Å². The van der Waals surface area contributed by atoms with Crippen LogP contribution in [0, 0.1) is 0 Å². The van der Waals surface area contributed by atoms with E-state index in [0.29, 0.717) is 15.8 Å². The fourth-order valence-electron chi connectivity index (χ4n) is 2.25. The average molecular weight is 420 g/mol. The Morgan fingerprint density at radius 1 is 1.21 bits per heavy atom. The van der Waals surface area contributed by atoms with Crippen LogP contribution in [0.1, 0.15) is 11.1 Å². The van der Waals surface area contributed by atoms with Gasteiger partial charge in [-0.2, -0.15) is 0 Å². The number of amides is 1. The lowest BCUT2D eigenvalue weighted by molar-refractivity contribution is -0.115. The van der Waals surface area contributed by atoms with Crippen LogP contribution in [0.5, 0.6) is 5.75 Å². The zero-order valence-corrected chi connectivity index (χ0v) is 15.8. The van der Waals surface area contributed by atoms with E-state index in [2.05, 4.69) is 33.4 Å². The van der Waals surface area contributed by atoms with Crippen molar-refractivity contribution in [3.63, 3.8) is 0 Å². The highest BCUT2D eigenvalue weighted by Crippen LogP contribution is 2.31. The summed E-state index contributed by atoms with van der Waals surface area (Å²) in [4.78, 5) is 12.4. The number of benzene rings is 2. The highest BCUT2D eigenvalue weighted by atomic mass is 79.9. The number of carbonyl (C=O) groups excluding carboxylic acids is 1. The van der Waals surface area contributed by atoms with Gasteiger partial charge in [-0.3, -0.25) is 4.79 Å². The summed E-state index contributed by atoms with van der Waals surface area (Å²) in [6, 6.07) is 15.9. The zero-order chi connectivity index (χ0) is 16.9. The summed E-state index contributed by atoms with van der Waals surface area (Å²) >= 11 is 9.75. The molecule has 0 bridgehead atoms. The summed E-state index contributed by atoms with van der Waals surface area (Å²) in [6.45, 7) is 0.569. The molecule has 6 heteroatoms. The molecule has 1 N–H and O–H groups in total. The maximum absolute atomic E-state index is 11.8. The number of thiocarbonyl (C=S) groups is 1. The van der Waals surface area contributed by atoms with Gasteiger partial charge in [0.2, 0.25) is 0 Å². The van der Waals surface area contributed by atoms with Crippen molar-refractivity contribution in [3.8, 4) is 5.75 Å². The number of hydrogen-bond acceptors (Lipinski definition) is 4. The number of ether oxygens (including phenoxy) is 1. The highest BCUT2D eigenvalue weighted by molar-refractivity contribution is 9.10. The minimum atomic E-state index is -0.166. The molecule has 1 amide bonds. The van der Waals surface area contributed by atoms with Crippen LogP contribution < -0.4 is 10.1 Å². The Morgan fingerprint density at radius 2 is 2.00 bits per heavy atom. The number of rotatable bonds is 5. The predicted octanol–water partition coefficient (Wildman–Crippen LogP) is 4.56. The second-order valence-electron chi connectivity index (χ2n) is 5.12. The molecule has 3 rings (SSSR count). The smallest absolute Gasteiger partial charge is 0.263 e. The van der Waals surface area contributed by atoms with Gasteiger partial charge in [-0.1, -0.05) is 70.2 Å². The summed E-state index contributed by atoms with van der Waals surface area (Å²) in [5.41, 5.74) is 2.07. The van der Waals surface area contributed by atoms with Crippen LogP contribution in [0.15, 0.2) is 57.9 Å². The topological polar surface area (TPSA) is 38.3 Å². The molecule has 0 saturated carbocycles. The van der Waals surface area contributed by atoms with Crippen LogP contribution >= 0.6 is 39.9 Å². The Morgan fingerprint density at radius 3 is 2.71 bits per heavy atom. The van der Waals surface area contributed by atoms with E-state index in [9.17, 15) is 4.79 Å². The van der Waals surface area contributed by atoms with E-state index >= 15 is 0 Å². The lowest BCUT2D eigenvalue weighted by atomic mass is 10.1. The van der Waals surface area contributed by atoms with Crippen molar-refractivity contribution >= 4 is 56.2 Å². The second kappa shape index (κ2) is 7.96. The Hall–Kier alpha value is -1.63. The molecular formula is C18H14BrNO2S2. The standard InChI is InChI=1S/C18H14BrNO2S2/c19-14-6-7-15(22-9-8-12-4-2-1-3-5-12)13(10-14)11-16-17(21)20-18(23)24-16/h1-7,10-11H,8-9H2,(H,20,21,23)/b16-11-. The molecule has 0 unspecified atom stereocenters. The third-order valence-electron chi connectivity index (χ3n) is 3.39. The quantitative estimate of drug-likeness (QED) is 0.569. The number of carbonyl (C=O) groups is 1. The minimum Gasteiger partial charge on any atom is -0.493 e. The Kier molecular flexibility index (Phi) is 5.71. The maximum atomic E-state index is 11.8. The molecule has 3 nitrogen and oxygen atoms in total. The van der Waals surface area contributed by atoms with Crippen molar-refractivity contribution in [2.24, 2.45) is 0 Å². The molecule has 1 saturated heterocycles. The van der Waals surface area contributed by atoms with Gasteiger partial charge in [0.05, 0.1) is 11.5 Å². The summed E-state index contributed by atoms with van der Waals surface area (Å²) in [6.07, 6.45) is 2.63. The first-order valence-electron chi connectivity index (χ1n) is 7.33. The molecule has 0 radical (unpaired) electrons. The van der Waals surface area contributed by atoms with E-state index in [1.807, 2.05) is 42.5 Å². The van der Waals surface area contributed by atoms with Crippen LogP contribution in [0.4, 0.5) is 0 Å². The van der Waals surface area contributed by atoms with Crippen LogP contribution in [0.2, 0.25) is 0 Å². The molecule has 1 aliphatic rings. The minimum absolute atomic E-state index is 0.166. The van der Waals surface area contributed by atoms with Crippen molar-refractivity contribution in [2.45, 2.75) is 6.42 Å². The van der Waals surface area contributed by atoms with Gasteiger partial charge in [-0.25, -0.2) is 0 Å². The van der Waals surface area contributed by atoms with Crippen LogP contribution in [0.3, 0.4) is 0 Å². The predicted molar refractivity (Wildman–Crippen MR) is 106 cm³/mol. The van der Waals surface area contributed by atoms with Crippen LogP contribution in [-0.2, 0) is 11.2 Å². The summed E-state index contributed by atoms with van der Waals surface area (Å²) < 4.78 is 7.34. The highest BCUT2D eigenvalue weighted by Gasteiger charge is 2.22. The lowest BCUT2D eigenvalue weighted by Crippen LogP contribution is -2.17. The molecule has 0 aromatic heterocycles. The first-order valence-corrected chi connectivity index (χ1v) is 9.35. The fraction of sp³-hybridized carbons (Fsp3) is 0.111. The molecule has 0 spiro atoms. The zero-order valence-electron chi connectivity index (χ0n) is 12.6. The van der Waals surface area contributed by atoms with Crippen molar-refractivity contribution in [1.29, 1.82) is 0 Å². The molecule has 2 aromatic carbocycles. The largest absolute Gasteiger partial charge is 0.493 e. The monoisotopic (exact) mass is 419 g/mol. The van der Waals surface area contributed by atoms with Gasteiger partial charge < -0.3 is 10.1 Å². The SMILES string of the molecule is O=C1NC(=S)S/C1=C\c1cc(Br)ccc1OCCc1ccccc1. The molecule has 2 aromatic rings. The van der Waals surface area contributed by atoms with E-state index in [1.54, 1.807) is 0 Å². The fourth-order valence-corrected chi connectivity index (χ4v) is 3.66. The Bertz CT molecular complexity index is 806. The molecule has 122 valence electrons. The van der Waals surface area contributed by atoms with E-state index in [1.165, 1.54) is 17.3 Å². The van der Waals surface area contributed by atoms with Crippen molar-refractivity contribution in [3.05, 3.63) is 69.0 Å². The first kappa shape index (κ1) is 17.2. The Labute approximate surface area is 158 Å². The number of halogens is 1. The Balaban J connectivity index is 1.75. The van der Waals surface area contributed by atoms with Gasteiger partial charge in [0.25, 0.3) is 5.91 Å². The molecular weight excluding hydrogens is 406 g/mol. The van der Waals surface area contributed by atoms with Gasteiger partial charge in [0.1, 0.15) is 10.1 Å². The summed E-state index contributed by atoms with van der Waals surface area (Å²) in [5.74, 6) is 0.577. The third kappa shape index (κ3) is 4.47. The molecule has 1 heterocycles. The van der Waals surface area contributed by atoms with Crippen molar-refractivity contribution in [1.82, 2.24) is 5.32 Å². The maximum Gasteiger partial charge on any atom is 0.263 e. The van der Waals surface area contributed by atoms with Crippen LogP contribution in [-0.4, -0.2) is 16.8 Å². The van der Waals surface area contributed by atoms with E-state index < -0.39 is 0 Å². The average Bonchev–Trinajstić information content (AvgIpc) is 2.88. The molecule has 1 aliphatic heterocycles. The lowest BCUT2D eigenvalue weighted by Gasteiger charge is -2.10. The normalized spacial score (nSPS) is 15.6. The van der Waals surface area contributed by atoms with Crippen molar-refractivity contribution < 1.29 is 9.53 Å². The van der Waals surface area contributed by atoms with Crippen molar-refractivity contribution in [2.75, 3.05) is 6.61 Å². The summed E-state index contributed by atoms with van der Waals surface area (Å²) in [5, 5.41) is 2.62. The van der Waals surface area contributed by atoms with Gasteiger partial charge in [-0.15, -0.1) is 0 Å². The van der Waals surface area contributed by atoms with Gasteiger partial charge in [0, 0.05) is 16.5 Å². The molecule has 0 aliphatic carbocycles. The number of hydrogen-bond donors (Lipinski definition) is 1. The molecule has 24 heavy (non-hydrogen) atoms.